The van der Waals surface area contributed by atoms with Gasteiger partial charge in [-0.1, -0.05) is 6.07 Å². The molecule has 45 heavy (non-hydrogen) atoms. The minimum absolute atomic E-state index is 0.00888. The van der Waals surface area contributed by atoms with Gasteiger partial charge in [0.25, 0.3) is 0 Å². The van der Waals surface area contributed by atoms with Crippen molar-refractivity contribution in [2.24, 2.45) is 0 Å². The van der Waals surface area contributed by atoms with Crippen LogP contribution >= 0.6 is 0 Å². The summed E-state index contributed by atoms with van der Waals surface area (Å²) in [7, 11) is -1.67. The molecule has 0 spiro atoms. The maximum atomic E-state index is 15.0. The number of aliphatic hydroxyl groups excluding tert-OH is 1. The van der Waals surface area contributed by atoms with Gasteiger partial charge in [0.15, 0.2) is 28.8 Å². The average molecular weight is 650 g/mol. The number of nitrogens with zero attached hydrogens (tertiary/aromatic N) is 3. The van der Waals surface area contributed by atoms with E-state index in [4.69, 9.17) is 4.42 Å². The highest BCUT2D eigenvalue weighted by Gasteiger charge is 2.43. The summed E-state index contributed by atoms with van der Waals surface area (Å²) in [5.74, 6) is -1.09. The fourth-order valence-electron chi connectivity index (χ4n) is 5.05. The van der Waals surface area contributed by atoms with Crippen molar-refractivity contribution in [2.75, 3.05) is 6.26 Å². The van der Waals surface area contributed by atoms with Crippen molar-refractivity contribution in [3.8, 4) is 50.9 Å². The molecule has 1 atom stereocenters. The SMILES string of the molecule is Cc1nc(-c2cc(-c3cc(F)c(CO)c(S(C)=O)c3)ccc2-n2cc(C(F)(F)F)nc2C)c(-c2ccc3c(c2)OC(F)(F)O3)o1. The molecular weight excluding hydrogens is 628 g/mol. The molecule has 8 nitrogen and oxygen atoms in total. The van der Waals surface area contributed by atoms with Gasteiger partial charge in [0.2, 0.25) is 0 Å². The van der Waals surface area contributed by atoms with Crippen LogP contribution in [0.2, 0.25) is 0 Å². The normalized spacial score (nSPS) is 14.6. The van der Waals surface area contributed by atoms with Crippen LogP contribution in [-0.2, 0) is 23.6 Å². The largest absolute Gasteiger partial charge is 0.586 e. The zero-order chi connectivity index (χ0) is 32.4. The first-order chi connectivity index (χ1) is 21.1. The molecule has 0 amide bonds. The van der Waals surface area contributed by atoms with Crippen molar-refractivity contribution in [2.45, 2.75) is 37.8 Å². The minimum atomic E-state index is -4.74. The van der Waals surface area contributed by atoms with Crippen molar-refractivity contribution in [1.29, 1.82) is 0 Å². The number of aryl methyl sites for hydroxylation is 2. The second-order valence-electron chi connectivity index (χ2n) is 10.1. The van der Waals surface area contributed by atoms with E-state index in [1.807, 2.05) is 0 Å². The monoisotopic (exact) mass is 649 g/mol. The molecule has 3 heterocycles. The summed E-state index contributed by atoms with van der Waals surface area (Å²) < 4.78 is 112. The van der Waals surface area contributed by atoms with Gasteiger partial charge in [0, 0.05) is 41.0 Å². The van der Waals surface area contributed by atoms with Gasteiger partial charge in [0.1, 0.15) is 17.3 Å². The van der Waals surface area contributed by atoms with E-state index in [-0.39, 0.29) is 67.5 Å². The van der Waals surface area contributed by atoms with Crippen LogP contribution in [-0.4, -0.2) is 36.4 Å². The first kappa shape index (κ1) is 30.4. The average Bonchev–Trinajstić information content (AvgIpc) is 3.64. The number of benzene rings is 3. The molecule has 0 fully saturated rings. The summed E-state index contributed by atoms with van der Waals surface area (Å²) in [4.78, 5) is 8.20. The summed E-state index contributed by atoms with van der Waals surface area (Å²) in [5.41, 5.74) is 0.0941. The molecule has 15 heteroatoms. The minimum Gasteiger partial charge on any atom is -0.440 e. The Labute approximate surface area is 253 Å². The van der Waals surface area contributed by atoms with Crippen molar-refractivity contribution < 1.29 is 49.5 Å². The van der Waals surface area contributed by atoms with Crippen molar-refractivity contribution >= 4 is 10.8 Å². The number of fused-ring (bicyclic) bond motifs is 1. The van der Waals surface area contributed by atoms with Crippen LogP contribution < -0.4 is 9.47 Å². The standard InChI is InChI=1S/C30H21F6N3O5S/c1-14-37-26(29(32,33)34)12-39(14)22-6-4-16(18-9-21(31)20(13-40)25(11-18)45(3)41)8-19(22)27-28(42-15(2)38-27)17-5-7-23-24(10-17)44-30(35,36)43-23/h4-12,40H,13H2,1-3H3. The third-order valence-electron chi connectivity index (χ3n) is 7.04. The number of hydrogen-bond acceptors (Lipinski definition) is 7. The quantitative estimate of drug-likeness (QED) is 0.195. The summed E-state index contributed by atoms with van der Waals surface area (Å²) in [6.45, 7) is 2.22. The van der Waals surface area contributed by atoms with Crippen LogP contribution in [0, 0.1) is 19.7 Å². The molecular formula is C30H21F6N3O5S. The third kappa shape index (κ3) is 5.57. The summed E-state index contributed by atoms with van der Waals surface area (Å²) >= 11 is 0. The van der Waals surface area contributed by atoms with Crippen LogP contribution in [0.25, 0.3) is 39.4 Å². The molecule has 0 aliphatic carbocycles. The van der Waals surface area contributed by atoms with Gasteiger partial charge >= 0.3 is 12.5 Å². The lowest BCUT2D eigenvalue weighted by molar-refractivity contribution is -0.286. The zero-order valence-electron chi connectivity index (χ0n) is 23.5. The highest BCUT2D eigenvalue weighted by atomic mass is 32.2. The molecule has 234 valence electrons. The number of aliphatic hydroxyl groups is 1. The fraction of sp³-hybridized carbons (Fsp3) is 0.200. The second kappa shape index (κ2) is 10.8. The van der Waals surface area contributed by atoms with Gasteiger partial charge in [-0.15, -0.1) is 8.78 Å². The van der Waals surface area contributed by atoms with Crippen LogP contribution in [0.3, 0.4) is 0 Å². The summed E-state index contributed by atoms with van der Waals surface area (Å²) in [6, 6.07) is 11.0. The molecule has 0 saturated heterocycles. The van der Waals surface area contributed by atoms with Crippen LogP contribution in [0.15, 0.2) is 64.0 Å². The number of alkyl halides is 5. The van der Waals surface area contributed by atoms with E-state index in [1.165, 1.54) is 67.1 Å². The first-order valence-corrected chi connectivity index (χ1v) is 14.6. The Bertz CT molecular complexity index is 2000. The number of ether oxygens (including phenoxy) is 2. The highest BCUT2D eigenvalue weighted by Crippen LogP contribution is 2.45. The Kier molecular flexibility index (Phi) is 7.27. The molecule has 3 aromatic carbocycles. The highest BCUT2D eigenvalue weighted by molar-refractivity contribution is 7.84. The number of imidazole rings is 1. The molecule has 0 saturated carbocycles. The van der Waals surface area contributed by atoms with Crippen molar-refractivity contribution in [3.05, 3.63) is 83.5 Å². The predicted octanol–water partition coefficient (Wildman–Crippen LogP) is 7.19. The molecule has 2 aromatic heterocycles. The van der Waals surface area contributed by atoms with Gasteiger partial charge in [-0.25, -0.2) is 14.4 Å². The number of hydrogen-bond donors (Lipinski definition) is 1. The van der Waals surface area contributed by atoms with E-state index >= 15 is 4.39 Å². The summed E-state index contributed by atoms with van der Waals surface area (Å²) in [6.07, 6.45) is -6.47. The maximum Gasteiger partial charge on any atom is 0.586 e. The second-order valence-corrected chi connectivity index (χ2v) is 11.4. The van der Waals surface area contributed by atoms with Gasteiger partial charge in [-0.3, -0.25) is 4.21 Å². The fourth-order valence-corrected chi connectivity index (χ4v) is 5.85. The molecule has 1 aliphatic heterocycles. The molecule has 1 N–H and O–H groups in total. The Morgan fingerprint density at radius 3 is 2.33 bits per heavy atom. The van der Waals surface area contributed by atoms with Gasteiger partial charge in [0.05, 0.1) is 23.1 Å². The van der Waals surface area contributed by atoms with Crippen LogP contribution in [0.5, 0.6) is 11.5 Å². The van der Waals surface area contributed by atoms with Gasteiger partial charge in [-0.05, 0) is 60.5 Å². The van der Waals surface area contributed by atoms with E-state index in [0.717, 1.165) is 12.3 Å². The number of oxazole rings is 1. The Morgan fingerprint density at radius 1 is 0.956 bits per heavy atom. The topological polar surface area (TPSA) is 99.6 Å². The van der Waals surface area contributed by atoms with Gasteiger partial charge < -0.3 is 23.6 Å². The van der Waals surface area contributed by atoms with Crippen molar-refractivity contribution in [1.82, 2.24) is 14.5 Å². The van der Waals surface area contributed by atoms with Crippen molar-refractivity contribution in [3.63, 3.8) is 0 Å². The number of rotatable bonds is 6. The zero-order valence-corrected chi connectivity index (χ0v) is 24.3. The van der Waals surface area contributed by atoms with E-state index in [2.05, 4.69) is 19.4 Å². The molecule has 0 radical (unpaired) electrons. The van der Waals surface area contributed by atoms with E-state index < -0.39 is 41.4 Å². The van der Waals surface area contributed by atoms with Crippen LogP contribution in [0.1, 0.15) is 23.0 Å². The lowest BCUT2D eigenvalue weighted by Gasteiger charge is -2.15. The Hall–Kier alpha value is -4.63. The number of aromatic nitrogens is 3. The number of halogens is 6. The maximum absolute atomic E-state index is 15.0. The molecule has 1 aliphatic rings. The predicted molar refractivity (Wildman–Crippen MR) is 149 cm³/mol. The third-order valence-corrected chi connectivity index (χ3v) is 8.02. The van der Waals surface area contributed by atoms with Gasteiger partial charge in [-0.2, -0.15) is 13.2 Å². The lowest BCUT2D eigenvalue weighted by Crippen LogP contribution is -2.25. The van der Waals surface area contributed by atoms with E-state index in [1.54, 1.807) is 0 Å². The van der Waals surface area contributed by atoms with Crippen LogP contribution in [0.4, 0.5) is 26.3 Å². The molecule has 5 aromatic rings. The molecule has 1 unspecified atom stereocenters. The van der Waals surface area contributed by atoms with E-state index in [0.29, 0.717) is 5.56 Å². The lowest BCUT2D eigenvalue weighted by atomic mass is 9.97. The summed E-state index contributed by atoms with van der Waals surface area (Å²) in [5, 5.41) is 9.64. The Balaban J connectivity index is 1.59. The smallest absolute Gasteiger partial charge is 0.440 e. The molecule has 0 bridgehead atoms. The van der Waals surface area contributed by atoms with E-state index in [9.17, 15) is 31.3 Å². The Morgan fingerprint density at radius 2 is 1.67 bits per heavy atom. The molecule has 6 rings (SSSR count). The first-order valence-electron chi connectivity index (χ1n) is 13.1.